The molecule has 1 amide bonds. The highest BCUT2D eigenvalue weighted by Gasteiger charge is 2.39. The van der Waals surface area contributed by atoms with Gasteiger partial charge >= 0.3 is 11.9 Å². The normalized spacial score (nSPS) is 13.8. The Morgan fingerprint density at radius 3 is 2.48 bits per heavy atom. The largest absolute Gasteiger partial charge is 0.466 e. The SMILES string of the molecule is CCCN1CCn2ncc(=O)c(C(=O)C(=O)OC(C)(C)C(=O)OC)c2C1=O. The summed E-state index contributed by atoms with van der Waals surface area (Å²) >= 11 is 0. The van der Waals surface area contributed by atoms with E-state index in [9.17, 15) is 24.0 Å². The maximum atomic E-state index is 12.7. The third kappa shape index (κ3) is 3.88. The summed E-state index contributed by atoms with van der Waals surface area (Å²) in [7, 11) is 1.10. The van der Waals surface area contributed by atoms with Crippen LogP contribution < -0.4 is 5.43 Å². The molecule has 1 aromatic heterocycles. The number of hydrogen-bond donors (Lipinski definition) is 0. The van der Waals surface area contributed by atoms with E-state index in [0.29, 0.717) is 19.5 Å². The molecule has 0 fully saturated rings. The zero-order chi connectivity index (χ0) is 20.4. The van der Waals surface area contributed by atoms with Crippen molar-refractivity contribution in [2.45, 2.75) is 39.3 Å². The summed E-state index contributed by atoms with van der Waals surface area (Å²) in [6, 6.07) is 0. The van der Waals surface area contributed by atoms with E-state index in [1.165, 1.54) is 23.4 Å². The van der Waals surface area contributed by atoms with Gasteiger partial charge in [-0.15, -0.1) is 0 Å². The van der Waals surface area contributed by atoms with E-state index >= 15 is 0 Å². The molecule has 2 rings (SSSR count). The van der Waals surface area contributed by atoms with Crippen LogP contribution in [-0.4, -0.2) is 64.1 Å². The van der Waals surface area contributed by atoms with Crippen molar-refractivity contribution in [1.29, 1.82) is 0 Å². The van der Waals surface area contributed by atoms with Crippen LogP contribution in [0.1, 0.15) is 48.0 Å². The van der Waals surface area contributed by atoms with Crippen molar-refractivity contribution in [3.63, 3.8) is 0 Å². The van der Waals surface area contributed by atoms with E-state index in [4.69, 9.17) is 4.74 Å². The zero-order valence-corrected chi connectivity index (χ0v) is 15.6. The number of methoxy groups -OCH3 is 1. The number of esters is 2. The van der Waals surface area contributed by atoms with Gasteiger partial charge in [-0.2, -0.15) is 5.10 Å². The molecule has 0 aromatic carbocycles. The van der Waals surface area contributed by atoms with Gasteiger partial charge in [-0.3, -0.25) is 19.1 Å². The van der Waals surface area contributed by atoms with Gasteiger partial charge in [0.2, 0.25) is 11.0 Å². The van der Waals surface area contributed by atoms with Gasteiger partial charge in [0.25, 0.3) is 11.7 Å². The Bertz CT molecular complexity index is 857. The number of amides is 1. The van der Waals surface area contributed by atoms with Crippen molar-refractivity contribution in [3.8, 4) is 0 Å². The first-order valence-electron chi connectivity index (χ1n) is 8.39. The molecule has 0 aliphatic carbocycles. The van der Waals surface area contributed by atoms with Crippen LogP contribution in [0.4, 0.5) is 0 Å². The summed E-state index contributed by atoms with van der Waals surface area (Å²) in [4.78, 5) is 62.9. The molecule has 0 spiro atoms. The molecule has 1 aliphatic rings. The Hall–Kier alpha value is -3.04. The Kier molecular flexibility index (Phi) is 5.77. The molecule has 2 heterocycles. The van der Waals surface area contributed by atoms with Crippen molar-refractivity contribution in [2.24, 2.45) is 0 Å². The summed E-state index contributed by atoms with van der Waals surface area (Å²) in [6.07, 6.45) is 1.56. The van der Waals surface area contributed by atoms with E-state index < -0.39 is 40.2 Å². The van der Waals surface area contributed by atoms with Gasteiger partial charge in [-0.25, -0.2) is 9.59 Å². The molecule has 0 unspecified atom stereocenters. The molecule has 10 nitrogen and oxygen atoms in total. The van der Waals surface area contributed by atoms with Crippen LogP contribution in [0.25, 0.3) is 0 Å². The van der Waals surface area contributed by atoms with Crippen LogP contribution >= 0.6 is 0 Å². The van der Waals surface area contributed by atoms with Crippen LogP contribution in [0.5, 0.6) is 0 Å². The second-order valence-electron chi connectivity index (χ2n) is 6.47. The summed E-state index contributed by atoms with van der Waals surface area (Å²) in [5.41, 5.74) is -3.46. The Labute approximate surface area is 155 Å². The standard InChI is InChI=1S/C17H21N3O7/c1-5-6-19-7-8-20-12(14(19)23)11(10(21)9-18-20)13(22)15(24)27-17(2,3)16(25)26-4/h9H,5-8H2,1-4H3. The molecule has 10 heteroatoms. The molecular formula is C17H21N3O7. The topological polar surface area (TPSA) is 125 Å². The number of ether oxygens (including phenoxy) is 2. The predicted octanol–water partition coefficient (Wildman–Crippen LogP) is -0.213. The molecule has 0 bridgehead atoms. The first-order valence-corrected chi connectivity index (χ1v) is 8.39. The molecule has 27 heavy (non-hydrogen) atoms. The van der Waals surface area contributed by atoms with Crippen molar-refractivity contribution >= 4 is 23.6 Å². The maximum Gasteiger partial charge on any atom is 0.381 e. The molecule has 1 aromatic rings. The van der Waals surface area contributed by atoms with Crippen molar-refractivity contribution < 1.29 is 28.7 Å². The number of nitrogens with zero attached hydrogens (tertiary/aromatic N) is 3. The van der Waals surface area contributed by atoms with Crippen molar-refractivity contribution in [1.82, 2.24) is 14.7 Å². The van der Waals surface area contributed by atoms with E-state index in [0.717, 1.165) is 13.3 Å². The van der Waals surface area contributed by atoms with Crippen LogP contribution in [0.2, 0.25) is 0 Å². The number of fused-ring (bicyclic) bond motifs is 1. The molecule has 1 aliphatic heterocycles. The van der Waals surface area contributed by atoms with Crippen molar-refractivity contribution in [3.05, 3.63) is 27.7 Å². The van der Waals surface area contributed by atoms with E-state index in [1.54, 1.807) is 0 Å². The van der Waals surface area contributed by atoms with Crippen LogP contribution in [0.3, 0.4) is 0 Å². The Balaban J connectivity index is 2.43. The number of carbonyl (C=O) groups is 4. The number of ketones is 1. The number of aromatic nitrogens is 2. The van der Waals surface area contributed by atoms with Crippen LogP contribution in [0.15, 0.2) is 11.0 Å². The van der Waals surface area contributed by atoms with E-state index in [-0.39, 0.29) is 12.2 Å². The first-order chi connectivity index (χ1) is 12.6. The molecule has 146 valence electrons. The minimum Gasteiger partial charge on any atom is -0.466 e. The molecule has 0 N–H and O–H groups in total. The zero-order valence-electron chi connectivity index (χ0n) is 15.6. The number of Topliss-reactive ketones (excluding diaryl/α,β-unsaturated/α-hetero) is 1. The first kappa shape index (κ1) is 20.3. The fourth-order valence-electron chi connectivity index (χ4n) is 2.71. The number of carbonyl (C=O) groups excluding carboxylic acids is 4. The lowest BCUT2D eigenvalue weighted by atomic mass is 10.1. The van der Waals surface area contributed by atoms with Gasteiger partial charge in [0, 0.05) is 13.1 Å². The minimum absolute atomic E-state index is 0.250. The highest BCUT2D eigenvalue weighted by Crippen LogP contribution is 2.17. The molecule has 0 atom stereocenters. The Morgan fingerprint density at radius 1 is 1.22 bits per heavy atom. The van der Waals surface area contributed by atoms with Gasteiger partial charge < -0.3 is 14.4 Å². The lowest BCUT2D eigenvalue weighted by molar-refractivity contribution is -0.173. The van der Waals surface area contributed by atoms with Gasteiger partial charge in [-0.1, -0.05) is 6.92 Å². The molecule has 0 saturated heterocycles. The second kappa shape index (κ2) is 7.68. The van der Waals surface area contributed by atoms with Gasteiger partial charge in [-0.05, 0) is 20.3 Å². The van der Waals surface area contributed by atoms with E-state index in [2.05, 4.69) is 9.84 Å². The highest BCUT2D eigenvalue weighted by molar-refractivity contribution is 6.42. The quantitative estimate of drug-likeness (QED) is 0.378. The van der Waals surface area contributed by atoms with Gasteiger partial charge in [0.15, 0.2) is 0 Å². The fraction of sp³-hybridized carbons (Fsp3) is 0.529. The summed E-state index contributed by atoms with van der Waals surface area (Å²) in [5, 5.41) is 3.86. The third-order valence-electron chi connectivity index (χ3n) is 4.06. The molecule has 0 saturated carbocycles. The molecule has 0 radical (unpaired) electrons. The minimum atomic E-state index is -1.73. The smallest absolute Gasteiger partial charge is 0.381 e. The lowest BCUT2D eigenvalue weighted by Gasteiger charge is -2.29. The molecular weight excluding hydrogens is 358 g/mol. The fourth-order valence-corrected chi connectivity index (χ4v) is 2.71. The predicted molar refractivity (Wildman–Crippen MR) is 91.2 cm³/mol. The number of rotatable bonds is 6. The van der Waals surface area contributed by atoms with Gasteiger partial charge in [0.1, 0.15) is 11.3 Å². The average molecular weight is 379 g/mol. The highest BCUT2D eigenvalue weighted by atomic mass is 16.6. The maximum absolute atomic E-state index is 12.7. The van der Waals surface area contributed by atoms with Crippen LogP contribution in [-0.2, 0) is 25.6 Å². The second-order valence-corrected chi connectivity index (χ2v) is 6.47. The summed E-state index contributed by atoms with van der Waals surface area (Å²) in [6.45, 7) is 5.47. The average Bonchev–Trinajstić information content (AvgIpc) is 2.62. The summed E-state index contributed by atoms with van der Waals surface area (Å²) in [5.74, 6) is -4.18. The number of hydrogen-bond acceptors (Lipinski definition) is 8. The monoisotopic (exact) mass is 379 g/mol. The third-order valence-corrected chi connectivity index (χ3v) is 4.06. The van der Waals surface area contributed by atoms with Crippen molar-refractivity contribution in [2.75, 3.05) is 20.2 Å². The lowest BCUT2D eigenvalue weighted by Crippen LogP contribution is -2.46. The Morgan fingerprint density at radius 2 is 1.89 bits per heavy atom. The van der Waals surface area contributed by atoms with Gasteiger partial charge in [0.05, 0.1) is 19.9 Å². The summed E-state index contributed by atoms with van der Waals surface area (Å²) < 4.78 is 10.6. The van der Waals surface area contributed by atoms with Crippen LogP contribution in [0, 0.1) is 0 Å². The van der Waals surface area contributed by atoms with E-state index in [1.807, 2.05) is 6.92 Å².